The number of hydrogen-bond acceptors (Lipinski definition) is 2. The first-order valence-corrected chi connectivity index (χ1v) is 3.84. The van der Waals surface area contributed by atoms with Crippen LogP contribution >= 0.6 is 12.2 Å². The molecule has 0 aromatic carbocycles. The molecule has 0 amide bonds. The van der Waals surface area contributed by atoms with Crippen molar-refractivity contribution in [1.82, 2.24) is 10.3 Å². The van der Waals surface area contributed by atoms with Crippen molar-refractivity contribution >= 4 is 17.2 Å². The van der Waals surface area contributed by atoms with Gasteiger partial charge >= 0.3 is 0 Å². The van der Waals surface area contributed by atoms with E-state index in [1.54, 1.807) is 6.20 Å². The molecule has 3 heteroatoms. The Bertz CT molecular complexity index is 233. The van der Waals surface area contributed by atoms with Crippen molar-refractivity contribution in [3.63, 3.8) is 0 Å². The maximum atomic E-state index is 4.99. The minimum atomic E-state index is 0.729. The zero-order chi connectivity index (χ0) is 8.10. The molecule has 0 spiro atoms. The molecule has 0 aliphatic carbocycles. The molecule has 1 aromatic heterocycles. The number of nitrogens with zero attached hydrogens (tertiary/aromatic N) is 1. The van der Waals surface area contributed by atoms with Crippen LogP contribution in [0.5, 0.6) is 0 Å². The summed E-state index contributed by atoms with van der Waals surface area (Å²) in [5, 5.41) is 2.90. The Kier molecular flexibility index (Phi) is 2.98. The highest BCUT2D eigenvalue weighted by Gasteiger charge is 1.95. The quantitative estimate of drug-likeness (QED) is 0.668. The third-order valence-corrected chi connectivity index (χ3v) is 1.70. The van der Waals surface area contributed by atoms with E-state index in [4.69, 9.17) is 12.2 Å². The monoisotopic (exact) mass is 166 g/mol. The molecule has 0 radical (unpaired) electrons. The molecule has 58 valence electrons. The van der Waals surface area contributed by atoms with Gasteiger partial charge in [0.15, 0.2) is 0 Å². The predicted octanol–water partition coefficient (Wildman–Crippen LogP) is 1.17. The molecule has 0 unspecified atom stereocenters. The lowest BCUT2D eigenvalue weighted by Crippen LogP contribution is -2.18. The van der Waals surface area contributed by atoms with Gasteiger partial charge in [0.2, 0.25) is 0 Å². The van der Waals surface area contributed by atoms with Gasteiger partial charge in [0.1, 0.15) is 0 Å². The fourth-order valence-corrected chi connectivity index (χ4v) is 0.903. The number of likely N-dealkylation sites (N-methyl/N-ethyl adjacent to an activating group) is 1. The summed E-state index contributed by atoms with van der Waals surface area (Å²) in [6, 6.07) is 5.82. The molecule has 0 aliphatic heterocycles. The predicted molar refractivity (Wildman–Crippen MR) is 49.6 cm³/mol. The van der Waals surface area contributed by atoms with Gasteiger partial charge in [-0.15, -0.1) is 0 Å². The first-order valence-electron chi connectivity index (χ1n) is 3.43. The van der Waals surface area contributed by atoms with Crippen molar-refractivity contribution in [3.05, 3.63) is 30.1 Å². The van der Waals surface area contributed by atoms with Crippen LogP contribution in [-0.2, 0) is 6.42 Å². The molecule has 0 saturated carbocycles. The summed E-state index contributed by atoms with van der Waals surface area (Å²) in [4.78, 5) is 4.96. The Labute approximate surface area is 71.7 Å². The van der Waals surface area contributed by atoms with Gasteiger partial charge in [0.25, 0.3) is 0 Å². The number of rotatable bonds is 2. The summed E-state index contributed by atoms with van der Waals surface area (Å²) in [6.45, 7) is 0. The highest BCUT2D eigenvalue weighted by atomic mass is 32.1. The van der Waals surface area contributed by atoms with E-state index in [-0.39, 0.29) is 0 Å². The van der Waals surface area contributed by atoms with Crippen molar-refractivity contribution in [2.24, 2.45) is 0 Å². The second kappa shape index (κ2) is 4.03. The Hall–Kier alpha value is -0.960. The van der Waals surface area contributed by atoms with Crippen LogP contribution in [0.2, 0.25) is 0 Å². The minimum absolute atomic E-state index is 0.729. The van der Waals surface area contributed by atoms with E-state index in [1.165, 1.54) is 0 Å². The van der Waals surface area contributed by atoms with Crippen LogP contribution in [0.3, 0.4) is 0 Å². The van der Waals surface area contributed by atoms with Crippen LogP contribution in [0, 0.1) is 0 Å². The maximum absolute atomic E-state index is 4.99. The van der Waals surface area contributed by atoms with E-state index in [1.807, 2.05) is 25.2 Å². The normalized spacial score (nSPS) is 9.18. The zero-order valence-electron chi connectivity index (χ0n) is 6.37. The van der Waals surface area contributed by atoms with Crippen LogP contribution < -0.4 is 5.32 Å². The van der Waals surface area contributed by atoms with Crippen LogP contribution in [0.25, 0.3) is 0 Å². The molecule has 0 atom stereocenters. The minimum Gasteiger partial charge on any atom is -0.382 e. The second-order valence-electron chi connectivity index (χ2n) is 2.17. The maximum Gasteiger partial charge on any atom is 0.0811 e. The first-order chi connectivity index (χ1) is 5.33. The largest absolute Gasteiger partial charge is 0.382 e. The lowest BCUT2D eigenvalue weighted by atomic mass is 10.3. The molecule has 1 heterocycles. The van der Waals surface area contributed by atoms with E-state index >= 15 is 0 Å². The van der Waals surface area contributed by atoms with Gasteiger partial charge in [-0.3, -0.25) is 4.98 Å². The molecule has 0 aliphatic rings. The van der Waals surface area contributed by atoms with Gasteiger partial charge in [-0.05, 0) is 12.1 Å². The topological polar surface area (TPSA) is 24.9 Å². The Balaban J connectivity index is 2.58. The molecule has 1 rings (SSSR count). The molecular weight excluding hydrogens is 156 g/mol. The van der Waals surface area contributed by atoms with E-state index in [2.05, 4.69) is 10.3 Å². The molecule has 0 saturated heterocycles. The summed E-state index contributed by atoms with van der Waals surface area (Å²) in [6.07, 6.45) is 2.50. The summed E-state index contributed by atoms with van der Waals surface area (Å²) in [5.74, 6) is 0. The van der Waals surface area contributed by atoms with Crippen molar-refractivity contribution in [2.75, 3.05) is 7.05 Å². The zero-order valence-corrected chi connectivity index (χ0v) is 7.19. The first kappa shape index (κ1) is 8.14. The summed E-state index contributed by atoms with van der Waals surface area (Å²) >= 11 is 4.99. The van der Waals surface area contributed by atoms with Gasteiger partial charge in [-0.25, -0.2) is 0 Å². The molecule has 2 nitrogen and oxygen atoms in total. The van der Waals surface area contributed by atoms with Crippen molar-refractivity contribution in [1.29, 1.82) is 0 Å². The lowest BCUT2D eigenvalue weighted by molar-refractivity contribution is 1.08. The SMILES string of the molecule is CNC(=S)Cc1ccccn1. The second-order valence-corrected chi connectivity index (χ2v) is 2.66. The smallest absolute Gasteiger partial charge is 0.0811 e. The van der Waals surface area contributed by atoms with Crippen LogP contribution in [0.4, 0.5) is 0 Å². The molecule has 0 bridgehead atoms. The fourth-order valence-electron chi connectivity index (χ4n) is 0.756. The number of pyridine rings is 1. The van der Waals surface area contributed by atoms with Gasteiger partial charge in [0, 0.05) is 25.4 Å². The lowest BCUT2D eigenvalue weighted by Gasteiger charge is -2.00. The van der Waals surface area contributed by atoms with Crippen LogP contribution in [-0.4, -0.2) is 17.0 Å². The third kappa shape index (κ3) is 2.63. The number of hydrogen-bond donors (Lipinski definition) is 1. The highest BCUT2D eigenvalue weighted by molar-refractivity contribution is 7.80. The van der Waals surface area contributed by atoms with E-state index in [0.717, 1.165) is 17.1 Å². The summed E-state index contributed by atoms with van der Waals surface area (Å²) < 4.78 is 0. The van der Waals surface area contributed by atoms with Crippen molar-refractivity contribution in [2.45, 2.75) is 6.42 Å². The van der Waals surface area contributed by atoms with Gasteiger partial charge in [-0.2, -0.15) is 0 Å². The number of nitrogens with one attached hydrogen (secondary N) is 1. The highest BCUT2D eigenvalue weighted by Crippen LogP contribution is 1.94. The molecule has 1 N–H and O–H groups in total. The third-order valence-electron chi connectivity index (χ3n) is 1.35. The molecule has 1 aromatic rings. The van der Waals surface area contributed by atoms with E-state index in [0.29, 0.717) is 0 Å². The summed E-state index contributed by atoms with van der Waals surface area (Å²) in [7, 11) is 1.82. The summed E-state index contributed by atoms with van der Waals surface area (Å²) in [5.41, 5.74) is 1.01. The molecular formula is C8H10N2S. The standard InChI is InChI=1S/C8H10N2S/c1-9-8(11)6-7-4-2-3-5-10-7/h2-5H,6H2,1H3,(H,9,11). The van der Waals surface area contributed by atoms with Crippen LogP contribution in [0.1, 0.15) is 5.69 Å². The Morgan fingerprint density at radius 3 is 3.00 bits per heavy atom. The Morgan fingerprint density at radius 2 is 2.45 bits per heavy atom. The van der Waals surface area contributed by atoms with E-state index in [9.17, 15) is 0 Å². The molecule has 0 fully saturated rings. The fraction of sp³-hybridized carbons (Fsp3) is 0.250. The van der Waals surface area contributed by atoms with Gasteiger partial charge in [0.05, 0.1) is 4.99 Å². The number of thiocarbonyl (C=S) groups is 1. The van der Waals surface area contributed by atoms with Crippen molar-refractivity contribution in [3.8, 4) is 0 Å². The number of aromatic nitrogens is 1. The van der Waals surface area contributed by atoms with Gasteiger partial charge < -0.3 is 5.32 Å². The van der Waals surface area contributed by atoms with Crippen LogP contribution in [0.15, 0.2) is 24.4 Å². The molecule has 11 heavy (non-hydrogen) atoms. The average Bonchev–Trinajstić information content (AvgIpc) is 2.06. The average molecular weight is 166 g/mol. The Morgan fingerprint density at radius 1 is 1.64 bits per heavy atom. The van der Waals surface area contributed by atoms with Crippen molar-refractivity contribution < 1.29 is 0 Å². The van der Waals surface area contributed by atoms with Gasteiger partial charge in [-0.1, -0.05) is 18.3 Å². The van der Waals surface area contributed by atoms with E-state index < -0.39 is 0 Å².